The van der Waals surface area contributed by atoms with Gasteiger partial charge < -0.3 is 9.47 Å². The van der Waals surface area contributed by atoms with Crippen LogP contribution in [0, 0.1) is 0 Å². The van der Waals surface area contributed by atoms with Gasteiger partial charge in [0.05, 0.1) is 0 Å². The van der Waals surface area contributed by atoms with Crippen molar-refractivity contribution in [3.05, 3.63) is 0 Å². The number of rotatable bonds is 2. The van der Waals surface area contributed by atoms with Crippen LogP contribution in [0.3, 0.4) is 0 Å². The summed E-state index contributed by atoms with van der Waals surface area (Å²) >= 11 is 0. The molecule has 0 atom stereocenters. The van der Waals surface area contributed by atoms with E-state index in [1.165, 1.54) is 0 Å². The zero-order chi connectivity index (χ0) is 4.99. The topological polar surface area (TPSA) is 18.5 Å². The predicted octanol–water partition coefficient (Wildman–Crippen LogP) is 0.623. The van der Waals surface area contributed by atoms with Gasteiger partial charge in [0.15, 0.2) is 6.29 Å². The van der Waals surface area contributed by atoms with Crippen LogP contribution in [0.25, 0.3) is 0 Å². The quantitative estimate of drug-likeness (QED) is 0.423. The molecule has 3 heteroatoms. The van der Waals surface area contributed by atoms with E-state index in [1.807, 2.05) is 6.92 Å². The van der Waals surface area contributed by atoms with E-state index in [4.69, 9.17) is 0 Å². The molecular formula is C4H10NiO2. The van der Waals surface area contributed by atoms with Crippen LogP contribution in [0.15, 0.2) is 0 Å². The second-order valence-corrected chi connectivity index (χ2v) is 1.04. The van der Waals surface area contributed by atoms with Crippen LogP contribution in [0.2, 0.25) is 0 Å². The van der Waals surface area contributed by atoms with Gasteiger partial charge in [0, 0.05) is 30.7 Å². The van der Waals surface area contributed by atoms with E-state index in [1.54, 1.807) is 14.2 Å². The molecule has 0 unspecified atom stereocenters. The summed E-state index contributed by atoms with van der Waals surface area (Å²) in [5, 5.41) is 0. The van der Waals surface area contributed by atoms with Crippen molar-refractivity contribution in [3.63, 3.8) is 0 Å². The molecule has 0 aromatic carbocycles. The first-order valence-corrected chi connectivity index (χ1v) is 1.87. The maximum atomic E-state index is 4.68. The smallest absolute Gasteiger partial charge is 0.154 e. The Kier molecular flexibility index (Phi) is 9.53. The summed E-state index contributed by atoms with van der Waals surface area (Å²) in [5.41, 5.74) is 0. The van der Waals surface area contributed by atoms with Crippen molar-refractivity contribution in [2.45, 2.75) is 13.2 Å². The van der Waals surface area contributed by atoms with Gasteiger partial charge in [-0.05, 0) is 6.92 Å². The van der Waals surface area contributed by atoms with Crippen molar-refractivity contribution >= 4 is 0 Å². The maximum Gasteiger partial charge on any atom is 0.154 e. The Morgan fingerprint density at radius 3 is 1.43 bits per heavy atom. The molecule has 0 bridgehead atoms. The molecule has 0 rings (SSSR count). The van der Waals surface area contributed by atoms with E-state index >= 15 is 0 Å². The fourth-order valence-corrected chi connectivity index (χ4v) is 0.0962. The summed E-state index contributed by atoms with van der Waals surface area (Å²) < 4.78 is 9.35. The van der Waals surface area contributed by atoms with Crippen LogP contribution >= 0.6 is 0 Å². The summed E-state index contributed by atoms with van der Waals surface area (Å²) in [6.07, 6.45) is -0.0648. The Morgan fingerprint density at radius 2 is 1.43 bits per heavy atom. The Bertz CT molecular complexity index is 28.9. The molecule has 0 heterocycles. The van der Waals surface area contributed by atoms with E-state index in [0.29, 0.717) is 0 Å². The van der Waals surface area contributed by atoms with Crippen LogP contribution in [0.4, 0.5) is 0 Å². The summed E-state index contributed by atoms with van der Waals surface area (Å²) in [7, 11) is 3.21. The molecule has 0 amide bonds. The maximum absolute atomic E-state index is 4.68. The van der Waals surface area contributed by atoms with Crippen molar-refractivity contribution < 1.29 is 26.0 Å². The van der Waals surface area contributed by atoms with Crippen LogP contribution in [0.1, 0.15) is 6.92 Å². The SMILES string of the molecule is COC(C)OC.[Ni]. The Labute approximate surface area is 54.1 Å². The van der Waals surface area contributed by atoms with Crippen molar-refractivity contribution in [1.29, 1.82) is 0 Å². The van der Waals surface area contributed by atoms with Crippen molar-refractivity contribution in [2.75, 3.05) is 14.2 Å². The normalized spacial score (nSPS) is 8.57. The third-order valence-electron chi connectivity index (χ3n) is 0.664. The average Bonchev–Trinajstić information content (AvgIpc) is 1.65. The molecule has 7 heavy (non-hydrogen) atoms. The minimum absolute atomic E-state index is 0. The fraction of sp³-hybridized carbons (Fsp3) is 1.00. The molecule has 0 aliphatic rings. The number of ether oxygens (including phenoxy) is 2. The largest absolute Gasteiger partial charge is 0.356 e. The zero-order valence-electron chi connectivity index (χ0n) is 4.71. The molecule has 0 N–H and O–H groups in total. The number of hydrogen-bond acceptors (Lipinski definition) is 2. The van der Waals surface area contributed by atoms with E-state index < -0.39 is 0 Å². The number of methoxy groups -OCH3 is 2. The van der Waals surface area contributed by atoms with Gasteiger partial charge >= 0.3 is 0 Å². The Hall–Kier alpha value is 0.414. The minimum atomic E-state index is -0.0648. The molecule has 0 aliphatic heterocycles. The molecule has 2 nitrogen and oxygen atoms in total. The predicted molar refractivity (Wildman–Crippen MR) is 23.5 cm³/mol. The van der Waals surface area contributed by atoms with Gasteiger partial charge in [0.2, 0.25) is 0 Å². The van der Waals surface area contributed by atoms with Crippen molar-refractivity contribution in [2.24, 2.45) is 0 Å². The van der Waals surface area contributed by atoms with Gasteiger partial charge in [-0.25, -0.2) is 0 Å². The van der Waals surface area contributed by atoms with Gasteiger partial charge in [-0.1, -0.05) is 0 Å². The van der Waals surface area contributed by atoms with E-state index in [2.05, 4.69) is 9.47 Å². The average molecular weight is 149 g/mol. The molecule has 0 aromatic heterocycles. The third kappa shape index (κ3) is 6.41. The van der Waals surface area contributed by atoms with Gasteiger partial charge in [-0.3, -0.25) is 0 Å². The first-order valence-electron chi connectivity index (χ1n) is 1.87. The van der Waals surface area contributed by atoms with E-state index in [0.717, 1.165) is 0 Å². The summed E-state index contributed by atoms with van der Waals surface area (Å²) in [6.45, 7) is 1.83. The second kappa shape index (κ2) is 6.41. The summed E-state index contributed by atoms with van der Waals surface area (Å²) in [4.78, 5) is 0. The first kappa shape index (κ1) is 10.4. The molecule has 0 saturated carbocycles. The minimum Gasteiger partial charge on any atom is -0.356 e. The van der Waals surface area contributed by atoms with Crippen LogP contribution in [-0.2, 0) is 26.0 Å². The van der Waals surface area contributed by atoms with Gasteiger partial charge in [0.1, 0.15) is 0 Å². The van der Waals surface area contributed by atoms with Gasteiger partial charge in [-0.2, -0.15) is 0 Å². The summed E-state index contributed by atoms with van der Waals surface area (Å²) in [6, 6.07) is 0. The van der Waals surface area contributed by atoms with Crippen molar-refractivity contribution in [1.82, 2.24) is 0 Å². The molecule has 0 saturated heterocycles. The van der Waals surface area contributed by atoms with Crippen LogP contribution in [-0.4, -0.2) is 20.5 Å². The molecular weight excluding hydrogens is 139 g/mol. The van der Waals surface area contributed by atoms with Gasteiger partial charge in [0.25, 0.3) is 0 Å². The Balaban J connectivity index is 0. The van der Waals surface area contributed by atoms with E-state index in [-0.39, 0.29) is 22.8 Å². The first-order chi connectivity index (χ1) is 2.81. The summed E-state index contributed by atoms with van der Waals surface area (Å²) in [5.74, 6) is 0. The molecule has 48 valence electrons. The van der Waals surface area contributed by atoms with E-state index in [9.17, 15) is 0 Å². The third-order valence-corrected chi connectivity index (χ3v) is 0.664. The molecule has 0 radical (unpaired) electrons. The Morgan fingerprint density at radius 1 is 1.14 bits per heavy atom. The van der Waals surface area contributed by atoms with Crippen molar-refractivity contribution in [3.8, 4) is 0 Å². The molecule has 0 aliphatic carbocycles. The standard InChI is InChI=1S/C4H10O2.Ni/c1-4(5-2)6-3;/h4H,1-3H3;. The monoisotopic (exact) mass is 148 g/mol. The molecule has 0 fully saturated rings. The van der Waals surface area contributed by atoms with Crippen LogP contribution in [0.5, 0.6) is 0 Å². The fourth-order valence-electron chi connectivity index (χ4n) is 0.0962. The second-order valence-electron chi connectivity index (χ2n) is 1.04. The van der Waals surface area contributed by atoms with Gasteiger partial charge in [-0.15, -0.1) is 0 Å². The van der Waals surface area contributed by atoms with Crippen LogP contribution < -0.4 is 0 Å². The molecule has 0 aromatic rings. The number of hydrogen-bond donors (Lipinski definition) is 0. The molecule has 0 spiro atoms. The zero-order valence-corrected chi connectivity index (χ0v) is 5.70.